The summed E-state index contributed by atoms with van der Waals surface area (Å²) >= 11 is 0. The van der Waals surface area contributed by atoms with E-state index >= 15 is 0 Å². The molecule has 2 N–H and O–H groups in total. The highest BCUT2D eigenvalue weighted by Gasteiger charge is 2.02. The maximum absolute atomic E-state index is 13.6. The Labute approximate surface area is 134 Å². The first-order valence-corrected chi connectivity index (χ1v) is 7.44. The van der Waals surface area contributed by atoms with Crippen molar-refractivity contribution in [2.24, 2.45) is 0 Å². The fourth-order valence-corrected chi connectivity index (χ4v) is 2.19. The van der Waals surface area contributed by atoms with Crippen LogP contribution >= 0.6 is 0 Å². The summed E-state index contributed by atoms with van der Waals surface area (Å²) in [6.07, 6.45) is 2.28. The minimum atomic E-state index is -0.177. The Bertz CT molecular complexity index is 762. The molecule has 0 unspecified atom stereocenters. The van der Waals surface area contributed by atoms with Gasteiger partial charge in [0, 0.05) is 18.4 Å². The molecular formula is C18H17FN4. The van der Waals surface area contributed by atoms with Crippen LogP contribution < -0.4 is 10.6 Å². The van der Waals surface area contributed by atoms with Crippen molar-refractivity contribution in [1.82, 2.24) is 9.97 Å². The van der Waals surface area contributed by atoms with Crippen LogP contribution in [0.2, 0.25) is 0 Å². The van der Waals surface area contributed by atoms with Crippen LogP contribution in [0.1, 0.15) is 5.56 Å². The number of hydrogen-bond donors (Lipinski definition) is 2. The molecule has 0 spiro atoms. The number of aromatic nitrogens is 2. The van der Waals surface area contributed by atoms with Crippen LogP contribution in [0.5, 0.6) is 0 Å². The number of anilines is 3. The van der Waals surface area contributed by atoms with E-state index in [9.17, 15) is 4.39 Å². The van der Waals surface area contributed by atoms with E-state index in [0.717, 1.165) is 5.69 Å². The number of rotatable bonds is 6. The van der Waals surface area contributed by atoms with E-state index in [1.54, 1.807) is 24.4 Å². The molecule has 0 aliphatic heterocycles. The van der Waals surface area contributed by atoms with E-state index < -0.39 is 0 Å². The van der Waals surface area contributed by atoms with Gasteiger partial charge in [0.25, 0.3) is 0 Å². The molecule has 0 aliphatic carbocycles. The maximum Gasteiger partial charge on any atom is 0.229 e. The van der Waals surface area contributed by atoms with Gasteiger partial charge in [0.05, 0.1) is 0 Å². The molecule has 3 aromatic rings. The Hall–Kier alpha value is -2.95. The lowest BCUT2D eigenvalue weighted by Gasteiger charge is -2.08. The second-order valence-electron chi connectivity index (χ2n) is 5.02. The molecule has 116 valence electrons. The van der Waals surface area contributed by atoms with E-state index in [2.05, 4.69) is 20.6 Å². The lowest BCUT2D eigenvalue weighted by atomic mass is 10.1. The van der Waals surface area contributed by atoms with E-state index in [0.29, 0.717) is 30.3 Å². The Morgan fingerprint density at radius 3 is 2.52 bits per heavy atom. The summed E-state index contributed by atoms with van der Waals surface area (Å²) in [6.45, 7) is 0.600. The third-order valence-corrected chi connectivity index (χ3v) is 3.34. The molecule has 3 rings (SSSR count). The lowest BCUT2D eigenvalue weighted by molar-refractivity contribution is 0.610. The smallest absolute Gasteiger partial charge is 0.229 e. The van der Waals surface area contributed by atoms with Crippen LogP contribution in [0, 0.1) is 5.82 Å². The highest BCUT2D eigenvalue weighted by molar-refractivity contribution is 5.54. The summed E-state index contributed by atoms with van der Waals surface area (Å²) in [6, 6.07) is 18.3. The second-order valence-corrected chi connectivity index (χ2v) is 5.02. The van der Waals surface area contributed by atoms with Gasteiger partial charge in [-0.1, -0.05) is 36.4 Å². The van der Waals surface area contributed by atoms with E-state index in [-0.39, 0.29) is 5.82 Å². The van der Waals surface area contributed by atoms with Crippen LogP contribution in [0.25, 0.3) is 0 Å². The van der Waals surface area contributed by atoms with E-state index in [1.807, 2.05) is 36.4 Å². The number of hydrogen-bond acceptors (Lipinski definition) is 4. The van der Waals surface area contributed by atoms with Crippen molar-refractivity contribution in [2.45, 2.75) is 6.42 Å². The van der Waals surface area contributed by atoms with Crippen molar-refractivity contribution in [3.8, 4) is 0 Å². The highest BCUT2D eigenvalue weighted by atomic mass is 19.1. The summed E-state index contributed by atoms with van der Waals surface area (Å²) in [5, 5.41) is 6.33. The molecule has 2 aromatic carbocycles. The first-order valence-electron chi connectivity index (χ1n) is 7.44. The van der Waals surface area contributed by atoms with Gasteiger partial charge in [-0.05, 0) is 36.2 Å². The van der Waals surface area contributed by atoms with Crippen molar-refractivity contribution in [3.05, 3.63) is 78.2 Å². The van der Waals surface area contributed by atoms with Gasteiger partial charge >= 0.3 is 0 Å². The Kier molecular flexibility index (Phi) is 4.79. The van der Waals surface area contributed by atoms with Gasteiger partial charge < -0.3 is 10.6 Å². The quantitative estimate of drug-likeness (QED) is 0.722. The summed E-state index contributed by atoms with van der Waals surface area (Å²) in [7, 11) is 0. The van der Waals surface area contributed by atoms with Gasteiger partial charge in [0.15, 0.2) is 0 Å². The molecule has 0 aliphatic rings. The van der Waals surface area contributed by atoms with Gasteiger partial charge in [-0.25, -0.2) is 9.37 Å². The zero-order chi connectivity index (χ0) is 15.9. The van der Waals surface area contributed by atoms with Gasteiger partial charge in [0.1, 0.15) is 11.6 Å². The number of para-hydroxylation sites is 1. The maximum atomic E-state index is 13.6. The van der Waals surface area contributed by atoms with E-state index in [4.69, 9.17) is 0 Å². The first-order chi connectivity index (χ1) is 11.3. The van der Waals surface area contributed by atoms with Crippen molar-refractivity contribution in [1.29, 1.82) is 0 Å². The molecule has 4 nitrogen and oxygen atoms in total. The molecule has 0 atom stereocenters. The Morgan fingerprint density at radius 2 is 1.70 bits per heavy atom. The fourth-order valence-electron chi connectivity index (χ4n) is 2.19. The van der Waals surface area contributed by atoms with Crippen molar-refractivity contribution < 1.29 is 4.39 Å². The molecule has 23 heavy (non-hydrogen) atoms. The van der Waals surface area contributed by atoms with Gasteiger partial charge in [-0.2, -0.15) is 4.98 Å². The van der Waals surface area contributed by atoms with Gasteiger partial charge in [0.2, 0.25) is 5.95 Å². The van der Waals surface area contributed by atoms with Crippen LogP contribution in [0.4, 0.5) is 21.8 Å². The molecule has 0 amide bonds. The van der Waals surface area contributed by atoms with Crippen molar-refractivity contribution in [3.63, 3.8) is 0 Å². The molecule has 5 heteroatoms. The zero-order valence-electron chi connectivity index (χ0n) is 12.5. The largest absolute Gasteiger partial charge is 0.370 e. The predicted molar refractivity (Wildman–Crippen MR) is 90.4 cm³/mol. The standard InChI is InChI=1S/C18H17FN4/c19-16-9-5-4-6-14(16)10-12-20-17-11-13-21-18(23-17)22-15-7-2-1-3-8-15/h1-9,11,13H,10,12H2,(H2,20,21,22,23). The Balaban J connectivity index is 1.58. The topological polar surface area (TPSA) is 49.8 Å². The number of nitrogens with zero attached hydrogens (tertiary/aromatic N) is 2. The zero-order valence-corrected chi connectivity index (χ0v) is 12.5. The number of halogens is 1. The van der Waals surface area contributed by atoms with Crippen LogP contribution in [-0.2, 0) is 6.42 Å². The van der Waals surface area contributed by atoms with Crippen molar-refractivity contribution >= 4 is 17.5 Å². The second kappa shape index (κ2) is 7.35. The normalized spacial score (nSPS) is 10.3. The average Bonchev–Trinajstić information content (AvgIpc) is 2.58. The molecular weight excluding hydrogens is 291 g/mol. The average molecular weight is 308 g/mol. The van der Waals surface area contributed by atoms with Crippen LogP contribution in [0.3, 0.4) is 0 Å². The number of nitrogens with one attached hydrogen (secondary N) is 2. The lowest BCUT2D eigenvalue weighted by Crippen LogP contribution is -2.08. The monoisotopic (exact) mass is 308 g/mol. The minimum Gasteiger partial charge on any atom is -0.370 e. The molecule has 1 aromatic heterocycles. The third-order valence-electron chi connectivity index (χ3n) is 3.34. The van der Waals surface area contributed by atoms with Crippen LogP contribution in [-0.4, -0.2) is 16.5 Å². The molecule has 0 saturated carbocycles. The first kappa shape index (κ1) is 15.0. The summed E-state index contributed by atoms with van der Waals surface area (Å²) < 4.78 is 13.6. The highest BCUT2D eigenvalue weighted by Crippen LogP contribution is 2.13. The SMILES string of the molecule is Fc1ccccc1CCNc1ccnc(Nc2ccccc2)n1. The molecule has 0 fully saturated rings. The molecule has 0 saturated heterocycles. The summed E-state index contributed by atoms with van der Waals surface area (Å²) in [5.74, 6) is 1.05. The Morgan fingerprint density at radius 1 is 0.913 bits per heavy atom. The number of benzene rings is 2. The molecule has 0 radical (unpaired) electrons. The van der Waals surface area contributed by atoms with E-state index in [1.165, 1.54) is 6.07 Å². The van der Waals surface area contributed by atoms with Gasteiger partial charge in [-0.15, -0.1) is 0 Å². The van der Waals surface area contributed by atoms with Crippen molar-refractivity contribution in [2.75, 3.05) is 17.2 Å². The van der Waals surface area contributed by atoms with Gasteiger partial charge in [-0.3, -0.25) is 0 Å². The predicted octanol–water partition coefficient (Wildman–Crippen LogP) is 4.01. The molecule has 0 bridgehead atoms. The summed E-state index contributed by atoms with van der Waals surface area (Å²) in [5.41, 5.74) is 1.62. The third kappa shape index (κ3) is 4.26. The fraction of sp³-hybridized carbons (Fsp3) is 0.111. The van der Waals surface area contributed by atoms with Crippen LogP contribution in [0.15, 0.2) is 66.9 Å². The minimum absolute atomic E-state index is 0.177. The summed E-state index contributed by atoms with van der Waals surface area (Å²) in [4.78, 5) is 8.59. The molecule has 1 heterocycles.